The monoisotopic (exact) mass is 255 g/mol. The number of nitrogens with one attached hydrogen (secondary N) is 2. The second-order valence-corrected chi connectivity index (χ2v) is 5.68. The molecular formula is C14H29N3O. The molecule has 106 valence electrons. The molecule has 1 aliphatic rings. The molecule has 4 heteroatoms. The van der Waals surface area contributed by atoms with Gasteiger partial charge in [0.1, 0.15) is 0 Å². The molecule has 18 heavy (non-hydrogen) atoms. The fourth-order valence-corrected chi connectivity index (χ4v) is 2.66. The fraction of sp³-hybridized carbons (Fsp3) is 0.929. The van der Waals surface area contributed by atoms with Gasteiger partial charge in [-0.1, -0.05) is 6.92 Å². The minimum absolute atomic E-state index is 0.183. The van der Waals surface area contributed by atoms with Crippen molar-refractivity contribution in [2.24, 2.45) is 5.92 Å². The van der Waals surface area contributed by atoms with E-state index in [9.17, 15) is 4.79 Å². The van der Waals surface area contributed by atoms with E-state index >= 15 is 0 Å². The Balaban J connectivity index is 2.15. The average Bonchev–Trinajstić information content (AvgIpc) is 2.29. The summed E-state index contributed by atoms with van der Waals surface area (Å²) in [6.07, 6.45) is 4.18. The summed E-state index contributed by atoms with van der Waals surface area (Å²) in [5.41, 5.74) is 0. The molecule has 0 bridgehead atoms. The predicted octanol–water partition coefficient (Wildman–Crippen LogP) is 1.22. The number of nitrogens with zero attached hydrogens (tertiary/aromatic N) is 1. The van der Waals surface area contributed by atoms with Crippen LogP contribution in [0.25, 0.3) is 0 Å². The molecule has 0 spiro atoms. The third-order valence-electron chi connectivity index (χ3n) is 3.51. The van der Waals surface area contributed by atoms with E-state index in [0.717, 1.165) is 25.4 Å². The van der Waals surface area contributed by atoms with Gasteiger partial charge in [-0.05, 0) is 52.2 Å². The molecule has 1 amide bonds. The second-order valence-electron chi connectivity index (χ2n) is 5.68. The summed E-state index contributed by atoms with van der Waals surface area (Å²) in [5, 5.41) is 6.15. The Morgan fingerprint density at radius 2 is 2.28 bits per heavy atom. The fourth-order valence-electron chi connectivity index (χ4n) is 2.66. The van der Waals surface area contributed by atoms with Gasteiger partial charge in [-0.15, -0.1) is 0 Å². The summed E-state index contributed by atoms with van der Waals surface area (Å²) in [6.45, 7) is 8.68. The highest BCUT2D eigenvalue weighted by Gasteiger charge is 2.18. The van der Waals surface area contributed by atoms with E-state index in [2.05, 4.69) is 29.4 Å². The van der Waals surface area contributed by atoms with Gasteiger partial charge in [0.05, 0.1) is 0 Å². The average molecular weight is 255 g/mol. The van der Waals surface area contributed by atoms with E-state index in [1.54, 1.807) is 0 Å². The molecule has 0 saturated carbocycles. The summed E-state index contributed by atoms with van der Waals surface area (Å²) in [4.78, 5) is 14.2. The Morgan fingerprint density at radius 3 is 2.94 bits per heavy atom. The van der Waals surface area contributed by atoms with E-state index < -0.39 is 0 Å². The van der Waals surface area contributed by atoms with Crippen molar-refractivity contribution in [3.05, 3.63) is 0 Å². The molecule has 2 N–H and O–H groups in total. The molecule has 2 atom stereocenters. The zero-order valence-electron chi connectivity index (χ0n) is 12.2. The topological polar surface area (TPSA) is 44.4 Å². The number of rotatable bonds is 7. The number of amides is 1. The molecule has 1 rings (SSSR count). The maximum Gasteiger partial charge on any atom is 0.220 e. The lowest BCUT2D eigenvalue weighted by molar-refractivity contribution is -0.121. The summed E-state index contributed by atoms with van der Waals surface area (Å²) in [7, 11) is 1.91. The van der Waals surface area contributed by atoms with Crippen molar-refractivity contribution < 1.29 is 4.79 Å². The number of hydrogen-bond donors (Lipinski definition) is 2. The first-order valence-corrected chi connectivity index (χ1v) is 7.28. The number of likely N-dealkylation sites (tertiary alicyclic amines) is 1. The van der Waals surface area contributed by atoms with Gasteiger partial charge in [-0.2, -0.15) is 0 Å². The molecule has 1 aliphatic heterocycles. The Bertz CT molecular complexity index is 245. The smallest absolute Gasteiger partial charge is 0.220 e. The van der Waals surface area contributed by atoms with Gasteiger partial charge in [-0.3, -0.25) is 4.79 Å². The van der Waals surface area contributed by atoms with Gasteiger partial charge < -0.3 is 15.5 Å². The summed E-state index contributed by atoms with van der Waals surface area (Å²) in [5.74, 6) is 0.986. The maximum absolute atomic E-state index is 11.7. The molecule has 0 aromatic carbocycles. The molecule has 0 radical (unpaired) electrons. The first-order chi connectivity index (χ1) is 8.61. The minimum atomic E-state index is 0.183. The van der Waals surface area contributed by atoms with Crippen LogP contribution in [0.4, 0.5) is 0 Å². The van der Waals surface area contributed by atoms with Gasteiger partial charge in [0, 0.05) is 25.6 Å². The molecule has 1 fully saturated rings. The van der Waals surface area contributed by atoms with Crippen LogP contribution in [0.1, 0.15) is 39.5 Å². The minimum Gasteiger partial charge on any atom is -0.352 e. The lowest BCUT2D eigenvalue weighted by atomic mass is 10.00. The van der Waals surface area contributed by atoms with Crippen LogP contribution in [0, 0.1) is 5.92 Å². The molecule has 0 aromatic rings. The van der Waals surface area contributed by atoms with Crippen molar-refractivity contribution in [1.29, 1.82) is 0 Å². The second kappa shape index (κ2) is 8.48. The van der Waals surface area contributed by atoms with Crippen LogP contribution in [0.2, 0.25) is 0 Å². The van der Waals surface area contributed by atoms with Crippen LogP contribution >= 0.6 is 0 Å². The van der Waals surface area contributed by atoms with Crippen LogP contribution in [0.3, 0.4) is 0 Å². The van der Waals surface area contributed by atoms with Crippen molar-refractivity contribution in [2.45, 2.75) is 45.6 Å². The van der Waals surface area contributed by atoms with Crippen molar-refractivity contribution in [3.63, 3.8) is 0 Å². The Morgan fingerprint density at radius 1 is 1.50 bits per heavy atom. The molecule has 0 aliphatic carbocycles. The van der Waals surface area contributed by atoms with Gasteiger partial charge in [-0.25, -0.2) is 0 Å². The SMILES string of the molecule is CNCCCC(=O)NC(C)CN1CCCC(C)C1. The number of carbonyl (C=O) groups is 1. The van der Waals surface area contributed by atoms with Gasteiger partial charge >= 0.3 is 0 Å². The maximum atomic E-state index is 11.7. The highest BCUT2D eigenvalue weighted by Crippen LogP contribution is 2.15. The highest BCUT2D eigenvalue weighted by molar-refractivity contribution is 5.76. The Labute approximate surface area is 111 Å². The van der Waals surface area contributed by atoms with Crippen LogP contribution < -0.4 is 10.6 Å². The van der Waals surface area contributed by atoms with E-state index in [1.165, 1.54) is 25.9 Å². The zero-order valence-corrected chi connectivity index (χ0v) is 12.2. The summed E-state index contributed by atoms with van der Waals surface area (Å²) >= 11 is 0. The van der Waals surface area contributed by atoms with Crippen molar-refractivity contribution in [3.8, 4) is 0 Å². The Kier molecular flexibility index (Phi) is 7.28. The van der Waals surface area contributed by atoms with Crippen LogP contribution in [0.5, 0.6) is 0 Å². The van der Waals surface area contributed by atoms with Crippen molar-refractivity contribution >= 4 is 5.91 Å². The van der Waals surface area contributed by atoms with E-state index in [0.29, 0.717) is 6.42 Å². The standard InChI is InChI=1S/C14H29N3O/c1-12-6-5-9-17(10-12)11-13(2)16-14(18)7-4-8-15-3/h12-13,15H,4-11H2,1-3H3,(H,16,18). The van der Waals surface area contributed by atoms with Gasteiger partial charge in [0.2, 0.25) is 5.91 Å². The number of piperidine rings is 1. The quantitative estimate of drug-likeness (QED) is 0.672. The Hall–Kier alpha value is -0.610. The molecule has 2 unspecified atom stereocenters. The predicted molar refractivity (Wildman–Crippen MR) is 75.6 cm³/mol. The summed E-state index contributed by atoms with van der Waals surface area (Å²) in [6, 6.07) is 0.261. The van der Waals surface area contributed by atoms with E-state index in [1.807, 2.05) is 7.05 Å². The van der Waals surface area contributed by atoms with Gasteiger partial charge in [0.25, 0.3) is 0 Å². The lowest BCUT2D eigenvalue weighted by Gasteiger charge is -2.32. The largest absolute Gasteiger partial charge is 0.352 e. The van der Waals surface area contributed by atoms with Crippen molar-refractivity contribution in [1.82, 2.24) is 15.5 Å². The van der Waals surface area contributed by atoms with E-state index in [-0.39, 0.29) is 11.9 Å². The zero-order chi connectivity index (χ0) is 13.4. The molecular weight excluding hydrogens is 226 g/mol. The van der Waals surface area contributed by atoms with E-state index in [4.69, 9.17) is 0 Å². The highest BCUT2D eigenvalue weighted by atomic mass is 16.1. The van der Waals surface area contributed by atoms with Gasteiger partial charge in [0.15, 0.2) is 0 Å². The lowest BCUT2D eigenvalue weighted by Crippen LogP contribution is -2.45. The molecule has 0 aromatic heterocycles. The van der Waals surface area contributed by atoms with Crippen molar-refractivity contribution in [2.75, 3.05) is 33.2 Å². The van der Waals surface area contributed by atoms with Crippen LogP contribution in [-0.2, 0) is 4.79 Å². The van der Waals surface area contributed by atoms with Crippen LogP contribution in [0.15, 0.2) is 0 Å². The first-order valence-electron chi connectivity index (χ1n) is 7.28. The number of carbonyl (C=O) groups excluding carboxylic acids is 1. The van der Waals surface area contributed by atoms with Crippen LogP contribution in [-0.4, -0.2) is 50.1 Å². The third kappa shape index (κ3) is 6.36. The normalized spacial score (nSPS) is 22.7. The molecule has 1 saturated heterocycles. The summed E-state index contributed by atoms with van der Waals surface area (Å²) < 4.78 is 0. The molecule has 4 nitrogen and oxygen atoms in total. The third-order valence-corrected chi connectivity index (χ3v) is 3.51. The molecule has 1 heterocycles. The first kappa shape index (κ1) is 15.4. The number of hydrogen-bond acceptors (Lipinski definition) is 3.